The van der Waals surface area contributed by atoms with E-state index in [0.717, 1.165) is 15.5 Å². The molecule has 88 valence electrons. The van der Waals surface area contributed by atoms with Gasteiger partial charge in [-0.15, -0.1) is 0 Å². The van der Waals surface area contributed by atoms with Crippen molar-refractivity contribution in [2.24, 2.45) is 0 Å². The maximum atomic E-state index is 9.47. The minimum atomic E-state index is -0.557. The molecule has 3 nitrogen and oxygen atoms in total. The smallest absolute Gasteiger partial charge is 0.119 e. The number of hydrogen-bond acceptors (Lipinski definition) is 4. The molecule has 1 aromatic heterocycles. The summed E-state index contributed by atoms with van der Waals surface area (Å²) in [6.45, 7) is 1.69. The number of hydrogen-bond donors (Lipinski definition) is 1. The van der Waals surface area contributed by atoms with Gasteiger partial charge in [0.2, 0.25) is 0 Å². The van der Waals surface area contributed by atoms with Gasteiger partial charge < -0.3 is 5.11 Å². The van der Waals surface area contributed by atoms with E-state index in [0.29, 0.717) is 5.02 Å². The first-order chi connectivity index (χ1) is 8.16. The first-order valence-corrected chi connectivity index (χ1v) is 6.27. The summed E-state index contributed by atoms with van der Waals surface area (Å²) in [7, 11) is 0. The van der Waals surface area contributed by atoms with Crippen molar-refractivity contribution in [2.75, 3.05) is 0 Å². The summed E-state index contributed by atoms with van der Waals surface area (Å²) in [6, 6.07) is 5.56. The molecule has 0 saturated heterocycles. The summed E-state index contributed by atoms with van der Waals surface area (Å²) in [5, 5.41) is 10.8. The van der Waals surface area contributed by atoms with Crippen molar-refractivity contribution in [1.29, 1.82) is 0 Å². The lowest BCUT2D eigenvalue weighted by molar-refractivity contribution is 0.199. The van der Waals surface area contributed by atoms with E-state index >= 15 is 0 Å². The molecule has 0 aliphatic carbocycles. The van der Waals surface area contributed by atoms with Gasteiger partial charge in [-0.05, 0) is 24.6 Å². The summed E-state index contributed by atoms with van der Waals surface area (Å²) in [6.07, 6.45) is 4.42. The SMILES string of the molecule is CC(O)c1ccc(Sc2cnccn2)cc1Cl. The summed E-state index contributed by atoms with van der Waals surface area (Å²) < 4.78 is 0. The van der Waals surface area contributed by atoms with Gasteiger partial charge in [-0.25, -0.2) is 4.98 Å². The van der Waals surface area contributed by atoms with Crippen LogP contribution in [-0.4, -0.2) is 15.1 Å². The molecular weight excluding hydrogens is 256 g/mol. The molecule has 0 spiro atoms. The molecule has 2 aromatic rings. The Kier molecular flexibility index (Phi) is 3.99. The molecule has 0 radical (unpaired) electrons. The molecule has 1 unspecified atom stereocenters. The van der Waals surface area contributed by atoms with Gasteiger partial charge in [0.1, 0.15) is 5.03 Å². The van der Waals surface area contributed by atoms with E-state index < -0.39 is 6.10 Å². The lowest BCUT2D eigenvalue weighted by atomic mass is 10.1. The van der Waals surface area contributed by atoms with E-state index in [9.17, 15) is 5.11 Å². The predicted molar refractivity (Wildman–Crippen MR) is 68.2 cm³/mol. The maximum Gasteiger partial charge on any atom is 0.119 e. The second-order valence-electron chi connectivity index (χ2n) is 3.51. The van der Waals surface area contributed by atoms with E-state index in [1.165, 1.54) is 11.8 Å². The molecule has 5 heteroatoms. The van der Waals surface area contributed by atoms with Gasteiger partial charge in [0.05, 0.1) is 12.3 Å². The molecule has 17 heavy (non-hydrogen) atoms. The summed E-state index contributed by atoms with van der Waals surface area (Å²) in [4.78, 5) is 9.13. The van der Waals surface area contributed by atoms with Crippen LogP contribution in [-0.2, 0) is 0 Å². The van der Waals surface area contributed by atoms with Crippen molar-refractivity contribution in [2.45, 2.75) is 22.9 Å². The van der Waals surface area contributed by atoms with E-state index in [2.05, 4.69) is 9.97 Å². The Morgan fingerprint density at radius 3 is 2.76 bits per heavy atom. The van der Waals surface area contributed by atoms with Gasteiger partial charge in [-0.1, -0.05) is 29.4 Å². The number of benzene rings is 1. The van der Waals surface area contributed by atoms with Crippen LogP contribution in [0.25, 0.3) is 0 Å². The molecule has 1 aromatic carbocycles. The monoisotopic (exact) mass is 266 g/mol. The molecule has 1 atom stereocenters. The van der Waals surface area contributed by atoms with Crippen molar-refractivity contribution in [3.05, 3.63) is 47.4 Å². The Bertz CT molecular complexity index is 505. The second-order valence-corrected chi connectivity index (χ2v) is 5.01. The summed E-state index contributed by atoms with van der Waals surface area (Å²) in [5.74, 6) is 0. The van der Waals surface area contributed by atoms with E-state index in [1.54, 1.807) is 25.5 Å². The van der Waals surface area contributed by atoms with Crippen LogP contribution in [0.3, 0.4) is 0 Å². The first kappa shape index (κ1) is 12.4. The summed E-state index contributed by atoms with van der Waals surface area (Å²) in [5.41, 5.74) is 0.732. The fourth-order valence-corrected chi connectivity index (χ4v) is 2.55. The van der Waals surface area contributed by atoms with Crippen LogP contribution in [0.5, 0.6) is 0 Å². The molecule has 1 N–H and O–H groups in total. The van der Waals surface area contributed by atoms with Gasteiger partial charge in [0.15, 0.2) is 0 Å². The molecule has 2 rings (SSSR count). The topological polar surface area (TPSA) is 46.0 Å². The predicted octanol–water partition coefficient (Wildman–Crippen LogP) is 3.33. The van der Waals surface area contributed by atoms with Gasteiger partial charge in [-0.2, -0.15) is 0 Å². The largest absolute Gasteiger partial charge is 0.389 e. The average molecular weight is 267 g/mol. The highest BCUT2D eigenvalue weighted by atomic mass is 35.5. The van der Waals surface area contributed by atoms with Crippen molar-refractivity contribution < 1.29 is 5.11 Å². The molecule has 0 aliphatic heterocycles. The number of nitrogens with zero attached hydrogens (tertiary/aromatic N) is 2. The average Bonchev–Trinajstić information content (AvgIpc) is 2.30. The maximum absolute atomic E-state index is 9.47. The van der Waals surface area contributed by atoms with Gasteiger partial charge in [-0.3, -0.25) is 4.98 Å². The number of aromatic nitrogens is 2. The number of halogens is 1. The zero-order valence-corrected chi connectivity index (χ0v) is 10.7. The third-order valence-electron chi connectivity index (χ3n) is 2.18. The molecule has 0 fully saturated rings. The van der Waals surface area contributed by atoms with Crippen LogP contribution < -0.4 is 0 Å². The number of aliphatic hydroxyl groups excluding tert-OH is 1. The van der Waals surface area contributed by atoms with E-state index in [-0.39, 0.29) is 0 Å². The van der Waals surface area contributed by atoms with Gasteiger partial charge in [0.25, 0.3) is 0 Å². The third-order valence-corrected chi connectivity index (χ3v) is 3.42. The molecule has 0 bridgehead atoms. The first-order valence-electron chi connectivity index (χ1n) is 5.08. The van der Waals surface area contributed by atoms with Crippen LogP contribution in [0.2, 0.25) is 5.02 Å². The highest BCUT2D eigenvalue weighted by Crippen LogP contribution is 2.31. The van der Waals surface area contributed by atoms with Gasteiger partial charge in [0, 0.05) is 22.3 Å². The second kappa shape index (κ2) is 5.49. The Hall–Kier alpha value is -1.10. The molecule has 1 heterocycles. The highest BCUT2D eigenvalue weighted by Gasteiger charge is 2.08. The minimum Gasteiger partial charge on any atom is -0.389 e. The van der Waals surface area contributed by atoms with Crippen LogP contribution >= 0.6 is 23.4 Å². The van der Waals surface area contributed by atoms with Crippen LogP contribution in [0.4, 0.5) is 0 Å². The summed E-state index contributed by atoms with van der Waals surface area (Å²) >= 11 is 7.56. The van der Waals surface area contributed by atoms with Crippen LogP contribution in [0.1, 0.15) is 18.6 Å². The number of aliphatic hydroxyl groups is 1. The van der Waals surface area contributed by atoms with Crippen molar-refractivity contribution in [1.82, 2.24) is 9.97 Å². The van der Waals surface area contributed by atoms with Crippen molar-refractivity contribution in [3.8, 4) is 0 Å². The Morgan fingerprint density at radius 1 is 1.35 bits per heavy atom. The third kappa shape index (κ3) is 3.19. The fraction of sp³-hybridized carbons (Fsp3) is 0.167. The number of rotatable bonds is 3. The molecule has 0 amide bonds. The minimum absolute atomic E-state index is 0.557. The molecule has 0 saturated carbocycles. The van der Waals surface area contributed by atoms with Crippen molar-refractivity contribution >= 4 is 23.4 Å². The lowest BCUT2D eigenvalue weighted by Crippen LogP contribution is -1.92. The zero-order chi connectivity index (χ0) is 12.3. The van der Waals surface area contributed by atoms with Gasteiger partial charge >= 0.3 is 0 Å². The standard InChI is InChI=1S/C12H11ClN2OS/c1-8(16)10-3-2-9(6-11(10)13)17-12-7-14-4-5-15-12/h2-8,16H,1H3. The quantitative estimate of drug-likeness (QED) is 0.926. The van der Waals surface area contributed by atoms with Crippen LogP contribution in [0.15, 0.2) is 46.7 Å². The molecular formula is C12H11ClN2OS. The van der Waals surface area contributed by atoms with Crippen LogP contribution in [0, 0.1) is 0 Å². The Labute approximate surface area is 109 Å². The Balaban J connectivity index is 2.21. The zero-order valence-electron chi connectivity index (χ0n) is 9.17. The van der Waals surface area contributed by atoms with E-state index in [4.69, 9.17) is 11.6 Å². The lowest BCUT2D eigenvalue weighted by Gasteiger charge is -2.08. The highest BCUT2D eigenvalue weighted by molar-refractivity contribution is 7.99. The normalized spacial score (nSPS) is 12.4. The van der Waals surface area contributed by atoms with Crippen molar-refractivity contribution in [3.63, 3.8) is 0 Å². The molecule has 0 aliphatic rings. The van der Waals surface area contributed by atoms with E-state index in [1.807, 2.05) is 18.2 Å². The fourth-order valence-electron chi connectivity index (χ4n) is 1.37. The Morgan fingerprint density at radius 2 is 2.18 bits per heavy atom.